The molecule has 0 unspecified atom stereocenters. The highest BCUT2D eigenvalue weighted by Gasteiger charge is 2.29. The normalized spacial score (nSPS) is 19.4. The summed E-state index contributed by atoms with van der Waals surface area (Å²) in [5, 5.41) is 13.0. The molecule has 0 bridgehead atoms. The summed E-state index contributed by atoms with van der Waals surface area (Å²) in [4.78, 5) is 0. The quantitative estimate of drug-likeness (QED) is 0.878. The lowest BCUT2D eigenvalue weighted by Crippen LogP contribution is -2.43. The number of nitrogens with one attached hydrogen (secondary N) is 1. The van der Waals surface area contributed by atoms with Crippen LogP contribution in [0.3, 0.4) is 0 Å². The largest absolute Gasteiger partial charge is 0.504 e. The van der Waals surface area contributed by atoms with Crippen LogP contribution in [0.25, 0.3) is 0 Å². The Morgan fingerprint density at radius 3 is 2.75 bits per heavy atom. The molecule has 0 atom stereocenters. The van der Waals surface area contributed by atoms with Crippen molar-refractivity contribution in [3.05, 3.63) is 22.7 Å². The molecule has 1 heterocycles. The van der Waals surface area contributed by atoms with Gasteiger partial charge in [0.2, 0.25) is 0 Å². The van der Waals surface area contributed by atoms with Gasteiger partial charge < -0.3 is 15.2 Å². The SMILES string of the molecule is CC1(Oc2cc(Br)ccc2O)CCNCC1. The van der Waals surface area contributed by atoms with E-state index in [1.807, 2.05) is 6.07 Å². The Balaban J connectivity index is 2.15. The molecule has 1 aliphatic rings. The summed E-state index contributed by atoms with van der Waals surface area (Å²) in [6.45, 7) is 4.02. The van der Waals surface area contributed by atoms with Crippen molar-refractivity contribution in [1.82, 2.24) is 5.32 Å². The van der Waals surface area contributed by atoms with E-state index in [0.29, 0.717) is 5.75 Å². The van der Waals surface area contributed by atoms with E-state index in [2.05, 4.69) is 28.2 Å². The van der Waals surface area contributed by atoms with E-state index in [-0.39, 0.29) is 11.4 Å². The van der Waals surface area contributed by atoms with E-state index < -0.39 is 0 Å². The monoisotopic (exact) mass is 285 g/mol. The van der Waals surface area contributed by atoms with Crippen LogP contribution in [-0.4, -0.2) is 23.8 Å². The summed E-state index contributed by atoms with van der Waals surface area (Å²) >= 11 is 3.38. The van der Waals surface area contributed by atoms with Crippen LogP contribution < -0.4 is 10.1 Å². The first-order valence-corrected chi connectivity index (χ1v) is 6.27. The van der Waals surface area contributed by atoms with Gasteiger partial charge in [0.1, 0.15) is 5.60 Å². The fourth-order valence-corrected chi connectivity index (χ4v) is 2.23. The van der Waals surface area contributed by atoms with E-state index in [1.54, 1.807) is 12.1 Å². The Hall–Kier alpha value is -0.740. The molecule has 1 aromatic carbocycles. The van der Waals surface area contributed by atoms with Gasteiger partial charge in [0.15, 0.2) is 11.5 Å². The van der Waals surface area contributed by atoms with Crippen molar-refractivity contribution >= 4 is 15.9 Å². The fraction of sp³-hybridized carbons (Fsp3) is 0.500. The second-order valence-corrected chi connectivity index (χ2v) is 5.33. The summed E-state index contributed by atoms with van der Waals surface area (Å²) in [7, 11) is 0. The third-order valence-electron chi connectivity index (χ3n) is 2.94. The van der Waals surface area contributed by atoms with Crippen LogP contribution in [0.4, 0.5) is 0 Å². The molecule has 88 valence electrons. The van der Waals surface area contributed by atoms with Crippen LogP contribution in [0.5, 0.6) is 11.5 Å². The zero-order valence-corrected chi connectivity index (χ0v) is 10.9. The first-order chi connectivity index (χ1) is 7.59. The number of hydrogen-bond donors (Lipinski definition) is 2. The summed E-state index contributed by atoms with van der Waals surface area (Å²) in [5.41, 5.74) is -0.177. The van der Waals surface area contributed by atoms with Crippen molar-refractivity contribution < 1.29 is 9.84 Å². The van der Waals surface area contributed by atoms with Crippen molar-refractivity contribution in [2.45, 2.75) is 25.4 Å². The number of hydrogen-bond acceptors (Lipinski definition) is 3. The third kappa shape index (κ3) is 2.68. The number of halogens is 1. The van der Waals surface area contributed by atoms with E-state index in [4.69, 9.17) is 4.74 Å². The summed E-state index contributed by atoms with van der Waals surface area (Å²) in [6, 6.07) is 5.25. The molecule has 1 saturated heterocycles. The minimum absolute atomic E-state index is 0.177. The zero-order chi connectivity index (χ0) is 11.6. The molecule has 0 aliphatic carbocycles. The number of ether oxygens (including phenoxy) is 1. The van der Waals surface area contributed by atoms with E-state index in [0.717, 1.165) is 30.4 Å². The minimum Gasteiger partial charge on any atom is -0.504 e. The predicted molar refractivity (Wildman–Crippen MR) is 66.9 cm³/mol. The Bertz CT molecular complexity index is 375. The number of aromatic hydroxyl groups is 1. The van der Waals surface area contributed by atoms with Crippen molar-refractivity contribution in [3.63, 3.8) is 0 Å². The van der Waals surface area contributed by atoms with Crippen molar-refractivity contribution in [2.75, 3.05) is 13.1 Å². The Kier molecular flexibility index (Phi) is 3.40. The first-order valence-electron chi connectivity index (χ1n) is 5.47. The van der Waals surface area contributed by atoms with Crippen LogP contribution in [-0.2, 0) is 0 Å². The van der Waals surface area contributed by atoms with Gasteiger partial charge in [-0.2, -0.15) is 0 Å². The van der Waals surface area contributed by atoms with Crippen LogP contribution in [0.1, 0.15) is 19.8 Å². The Labute approximate surface area is 104 Å². The topological polar surface area (TPSA) is 41.5 Å². The van der Waals surface area contributed by atoms with Gasteiger partial charge in [-0.15, -0.1) is 0 Å². The molecule has 4 heteroatoms. The van der Waals surface area contributed by atoms with Crippen LogP contribution in [0, 0.1) is 0 Å². The van der Waals surface area contributed by atoms with Gasteiger partial charge in [-0.3, -0.25) is 0 Å². The second kappa shape index (κ2) is 4.63. The maximum atomic E-state index is 9.72. The molecule has 1 fully saturated rings. The average Bonchev–Trinajstić information content (AvgIpc) is 2.24. The highest BCUT2D eigenvalue weighted by molar-refractivity contribution is 9.10. The molecule has 16 heavy (non-hydrogen) atoms. The lowest BCUT2D eigenvalue weighted by Gasteiger charge is -2.34. The molecule has 3 nitrogen and oxygen atoms in total. The van der Waals surface area contributed by atoms with Gasteiger partial charge in [0.05, 0.1) is 0 Å². The first kappa shape index (κ1) is 11.7. The molecule has 1 aromatic rings. The third-order valence-corrected chi connectivity index (χ3v) is 3.43. The lowest BCUT2D eigenvalue weighted by molar-refractivity contribution is 0.0527. The van der Waals surface area contributed by atoms with Crippen molar-refractivity contribution in [1.29, 1.82) is 0 Å². The maximum Gasteiger partial charge on any atom is 0.162 e. The summed E-state index contributed by atoms with van der Waals surface area (Å²) in [6.07, 6.45) is 1.91. The molecular weight excluding hydrogens is 270 g/mol. The predicted octanol–water partition coefficient (Wildman–Crippen LogP) is 2.68. The number of benzene rings is 1. The summed E-state index contributed by atoms with van der Waals surface area (Å²) < 4.78 is 6.85. The standard InChI is InChI=1S/C12H16BrNO2/c1-12(4-6-14-7-5-12)16-11-8-9(13)2-3-10(11)15/h2-3,8,14-15H,4-7H2,1H3. The number of phenols is 1. The van der Waals surface area contributed by atoms with Gasteiger partial charge >= 0.3 is 0 Å². The number of rotatable bonds is 2. The highest BCUT2D eigenvalue weighted by atomic mass is 79.9. The molecule has 0 spiro atoms. The molecule has 0 amide bonds. The Morgan fingerprint density at radius 1 is 1.38 bits per heavy atom. The average molecular weight is 286 g/mol. The highest BCUT2D eigenvalue weighted by Crippen LogP contribution is 2.34. The second-order valence-electron chi connectivity index (χ2n) is 4.41. The van der Waals surface area contributed by atoms with E-state index in [9.17, 15) is 5.11 Å². The Morgan fingerprint density at radius 2 is 2.06 bits per heavy atom. The molecule has 2 rings (SSSR count). The summed E-state index contributed by atoms with van der Waals surface area (Å²) in [5.74, 6) is 0.752. The van der Waals surface area contributed by atoms with Gasteiger partial charge in [-0.25, -0.2) is 0 Å². The minimum atomic E-state index is -0.177. The zero-order valence-electron chi connectivity index (χ0n) is 9.29. The van der Waals surface area contributed by atoms with E-state index in [1.165, 1.54) is 0 Å². The van der Waals surface area contributed by atoms with Gasteiger partial charge in [-0.05, 0) is 51.1 Å². The maximum absolute atomic E-state index is 9.72. The number of phenolic OH excluding ortho intramolecular Hbond substituents is 1. The number of piperidine rings is 1. The van der Waals surface area contributed by atoms with Gasteiger partial charge in [-0.1, -0.05) is 15.9 Å². The molecule has 0 aromatic heterocycles. The smallest absolute Gasteiger partial charge is 0.162 e. The van der Waals surface area contributed by atoms with Crippen LogP contribution in [0.15, 0.2) is 22.7 Å². The van der Waals surface area contributed by atoms with Crippen molar-refractivity contribution in [2.24, 2.45) is 0 Å². The van der Waals surface area contributed by atoms with Gasteiger partial charge in [0, 0.05) is 4.47 Å². The molecule has 1 aliphatic heterocycles. The van der Waals surface area contributed by atoms with Gasteiger partial charge in [0.25, 0.3) is 0 Å². The molecule has 2 N–H and O–H groups in total. The van der Waals surface area contributed by atoms with Crippen LogP contribution >= 0.6 is 15.9 Å². The molecule has 0 saturated carbocycles. The molecule has 0 radical (unpaired) electrons. The van der Waals surface area contributed by atoms with Crippen molar-refractivity contribution in [3.8, 4) is 11.5 Å². The lowest BCUT2D eigenvalue weighted by atomic mass is 9.94. The van der Waals surface area contributed by atoms with E-state index >= 15 is 0 Å². The van der Waals surface area contributed by atoms with Crippen LogP contribution in [0.2, 0.25) is 0 Å². The molecular formula is C12H16BrNO2. The fourth-order valence-electron chi connectivity index (χ4n) is 1.89.